The second-order valence-electron chi connectivity index (χ2n) is 5.55. The van der Waals surface area contributed by atoms with Crippen molar-refractivity contribution in [1.29, 1.82) is 0 Å². The summed E-state index contributed by atoms with van der Waals surface area (Å²) in [5, 5.41) is 1.55. The van der Waals surface area contributed by atoms with Crippen LogP contribution < -0.4 is 0 Å². The number of rotatable bonds is 4. The topological polar surface area (TPSA) is 46.0 Å². The van der Waals surface area contributed by atoms with E-state index in [0.29, 0.717) is 5.15 Å². The lowest BCUT2D eigenvalue weighted by Crippen LogP contribution is -1.98. The monoisotopic (exact) mass is 354 g/mol. The highest BCUT2D eigenvalue weighted by atomic mass is 35.5. The number of fused-ring (bicyclic) bond motifs is 1. The van der Waals surface area contributed by atoms with E-state index in [1.807, 2.05) is 35.0 Å². The van der Waals surface area contributed by atoms with Crippen molar-refractivity contribution in [2.24, 2.45) is 0 Å². The zero-order valence-electron chi connectivity index (χ0n) is 13.0. The Morgan fingerprint density at radius 3 is 2.71 bits per heavy atom. The molecule has 0 aliphatic heterocycles. The van der Waals surface area contributed by atoms with Crippen LogP contribution in [-0.2, 0) is 0 Å². The first-order valence-corrected chi connectivity index (χ1v) is 8.82. The van der Waals surface area contributed by atoms with Crippen LogP contribution in [0.1, 0.15) is 22.1 Å². The Bertz CT molecular complexity index is 961. The normalized spacial score (nSPS) is 12.6. The van der Waals surface area contributed by atoms with Crippen molar-refractivity contribution in [3.8, 4) is 0 Å². The zero-order valence-corrected chi connectivity index (χ0v) is 14.6. The van der Waals surface area contributed by atoms with Gasteiger partial charge in [-0.05, 0) is 24.6 Å². The Labute approximate surface area is 148 Å². The molecule has 0 fully saturated rings. The van der Waals surface area contributed by atoms with Gasteiger partial charge in [0.15, 0.2) is 5.16 Å². The van der Waals surface area contributed by atoms with E-state index in [1.165, 1.54) is 11.1 Å². The van der Waals surface area contributed by atoms with Gasteiger partial charge in [-0.25, -0.2) is 9.97 Å². The number of aryl methyl sites for hydroxylation is 1. The standard InChI is InChI=1S/C18H15ClN4S/c1-12-5-7-13(8-6-12)17(24-18-20-9-10-21-18)14-11-23-15(19)3-2-4-16(23)22-14/h2-11,17H,1H3,(H,20,21). The first-order valence-electron chi connectivity index (χ1n) is 7.57. The molecule has 3 heterocycles. The number of nitrogens with one attached hydrogen (secondary N) is 1. The third-order valence-electron chi connectivity index (χ3n) is 3.81. The third-order valence-corrected chi connectivity index (χ3v) is 5.32. The molecule has 24 heavy (non-hydrogen) atoms. The molecule has 0 amide bonds. The second-order valence-corrected chi connectivity index (χ2v) is 7.03. The summed E-state index contributed by atoms with van der Waals surface area (Å²) in [5.74, 6) is 0. The fraction of sp³-hybridized carbons (Fsp3) is 0.111. The molecule has 0 saturated heterocycles. The van der Waals surface area contributed by atoms with Gasteiger partial charge >= 0.3 is 0 Å². The molecule has 0 saturated carbocycles. The quantitative estimate of drug-likeness (QED) is 0.418. The fourth-order valence-corrected chi connectivity index (χ4v) is 3.81. The average molecular weight is 355 g/mol. The van der Waals surface area contributed by atoms with Crippen molar-refractivity contribution in [1.82, 2.24) is 19.4 Å². The van der Waals surface area contributed by atoms with Crippen LogP contribution in [0, 0.1) is 6.92 Å². The highest BCUT2D eigenvalue weighted by molar-refractivity contribution is 7.99. The summed E-state index contributed by atoms with van der Waals surface area (Å²) in [4.78, 5) is 12.3. The molecular formula is C18H15ClN4S. The maximum absolute atomic E-state index is 6.28. The minimum atomic E-state index is 0.0349. The molecule has 120 valence electrons. The van der Waals surface area contributed by atoms with E-state index in [-0.39, 0.29) is 5.25 Å². The molecule has 0 aliphatic carbocycles. The number of halogens is 1. The third kappa shape index (κ3) is 2.92. The zero-order chi connectivity index (χ0) is 16.5. The molecule has 4 nitrogen and oxygen atoms in total. The largest absolute Gasteiger partial charge is 0.340 e. The summed E-state index contributed by atoms with van der Waals surface area (Å²) in [5.41, 5.74) is 4.21. The van der Waals surface area contributed by atoms with Crippen LogP contribution in [0.3, 0.4) is 0 Å². The van der Waals surface area contributed by atoms with Gasteiger partial charge in [0.1, 0.15) is 10.8 Å². The maximum Gasteiger partial charge on any atom is 0.166 e. The summed E-state index contributed by atoms with van der Waals surface area (Å²) < 4.78 is 1.90. The van der Waals surface area contributed by atoms with Crippen LogP contribution in [0.5, 0.6) is 0 Å². The summed E-state index contributed by atoms with van der Waals surface area (Å²) in [6.07, 6.45) is 5.59. The first-order chi connectivity index (χ1) is 11.7. The number of benzene rings is 1. The molecule has 1 unspecified atom stereocenters. The van der Waals surface area contributed by atoms with E-state index in [4.69, 9.17) is 16.6 Å². The number of pyridine rings is 1. The summed E-state index contributed by atoms with van der Waals surface area (Å²) in [6, 6.07) is 14.2. The van der Waals surface area contributed by atoms with Crippen LogP contribution in [0.2, 0.25) is 5.15 Å². The summed E-state index contributed by atoms with van der Waals surface area (Å²) in [7, 11) is 0. The number of aromatic amines is 1. The molecule has 0 aliphatic rings. The lowest BCUT2D eigenvalue weighted by atomic mass is 10.1. The number of thioether (sulfide) groups is 1. The van der Waals surface area contributed by atoms with Gasteiger partial charge in [-0.2, -0.15) is 0 Å². The number of nitrogens with zero attached hydrogens (tertiary/aromatic N) is 3. The minimum absolute atomic E-state index is 0.0349. The van der Waals surface area contributed by atoms with Crippen molar-refractivity contribution in [3.05, 3.63) is 83.0 Å². The number of H-pyrrole nitrogens is 1. The summed E-state index contributed by atoms with van der Waals surface area (Å²) in [6.45, 7) is 2.09. The number of imidazole rings is 2. The Morgan fingerprint density at radius 2 is 2.00 bits per heavy atom. The van der Waals surface area contributed by atoms with Crippen LogP contribution in [0.25, 0.3) is 5.65 Å². The predicted molar refractivity (Wildman–Crippen MR) is 97.7 cm³/mol. The predicted octanol–water partition coefficient (Wildman–Crippen LogP) is 4.90. The lowest BCUT2D eigenvalue weighted by Gasteiger charge is -2.13. The smallest absolute Gasteiger partial charge is 0.166 e. The molecule has 1 aromatic carbocycles. The van der Waals surface area contributed by atoms with Gasteiger partial charge in [0.05, 0.1) is 10.9 Å². The van der Waals surface area contributed by atoms with Crippen LogP contribution >= 0.6 is 23.4 Å². The molecule has 6 heteroatoms. The Hall–Kier alpha value is -2.24. The Kier molecular flexibility index (Phi) is 4.04. The van der Waals surface area contributed by atoms with Gasteiger partial charge in [0, 0.05) is 18.6 Å². The van der Waals surface area contributed by atoms with E-state index in [0.717, 1.165) is 16.5 Å². The SMILES string of the molecule is Cc1ccc(C(Sc2ncc[nH]2)c2cn3c(Cl)cccc3n2)cc1. The van der Waals surface area contributed by atoms with E-state index in [2.05, 4.69) is 41.2 Å². The maximum atomic E-state index is 6.28. The van der Waals surface area contributed by atoms with Crippen LogP contribution in [0.15, 0.2) is 66.2 Å². The van der Waals surface area contributed by atoms with E-state index in [1.54, 1.807) is 18.0 Å². The van der Waals surface area contributed by atoms with Gasteiger partial charge in [-0.3, -0.25) is 4.40 Å². The Balaban J connectivity index is 1.81. The highest BCUT2D eigenvalue weighted by Crippen LogP contribution is 2.38. The van der Waals surface area contributed by atoms with Gasteiger partial charge < -0.3 is 4.98 Å². The van der Waals surface area contributed by atoms with E-state index >= 15 is 0 Å². The van der Waals surface area contributed by atoms with Gasteiger partial charge in [0.2, 0.25) is 0 Å². The second kappa shape index (κ2) is 6.34. The average Bonchev–Trinajstić information content (AvgIpc) is 3.23. The molecule has 0 spiro atoms. The molecule has 4 aromatic rings. The van der Waals surface area contributed by atoms with Gasteiger partial charge in [-0.15, -0.1) is 0 Å². The number of hydrogen-bond donors (Lipinski definition) is 1. The number of hydrogen-bond acceptors (Lipinski definition) is 3. The van der Waals surface area contributed by atoms with Gasteiger partial charge in [-0.1, -0.05) is 59.3 Å². The van der Waals surface area contributed by atoms with Crippen molar-refractivity contribution in [2.45, 2.75) is 17.3 Å². The van der Waals surface area contributed by atoms with E-state index in [9.17, 15) is 0 Å². The lowest BCUT2D eigenvalue weighted by molar-refractivity contribution is 1.02. The first kappa shape index (κ1) is 15.3. The number of aromatic nitrogens is 4. The van der Waals surface area contributed by atoms with Crippen molar-refractivity contribution >= 4 is 29.0 Å². The fourth-order valence-electron chi connectivity index (χ4n) is 2.59. The minimum Gasteiger partial charge on any atom is -0.340 e. The van der Waals surface area contributed by atoms with Crippen LogP contribution in [-0.4, -0.2) is 19.4 Å². The summed E-state index contributed by atoms with van der Waals surface area (Å²) >= 11 is 7.93. The Morgan fingerprint density at radius 1 is 1.17 bits per heavy atom. The van der Waals surface area contributed by atoms with Crippen molar-refractivity contribution < 1.29 is 0 Å². The van der Waals surface area contributed by atoms with Crippen molar-refractivity contribution in [3.63, 3.8) is 0 Å². The van der Waals surface area contributed by atoms with E-state index < -0.39 is 0 Å². The highest BCUT2D eigenvalue weighted by Gasteiger charge is 2.20. The van der Waals surface area contributed by atoms with Gasteiger partial charge in [0.25, 0.3) is 0 Å². The van der Waals surface area contributed by atoms with Crippen molar-refractivity contribution in [2.75, 3.05) is 0 Å². The molecule has 0 radical (unpaired) electrons. The molecule has 0 bridgehead atoms. The van der Waals surface area contributed by atoms with Crippen LogP contribution in [0.4, 0.5) is 0 Å². The molecule has 3 aromatic heterocycles. The molecule has 1 atom stereocenters. The molecule has 1 N–H and O–H groups in total. The molecule has 4 rings (SSSR count). The molecular weight excluding hydrogens is 340 g/mol.